The van der Waals surface area contributed by atoms with Crippen molar-refractivity contribution in [2.24, 2.45) is 17.6 Å². The highest BCUT2D eigenvalue weighted by atomic mass is 16.7. The summed E-state index contributed by atoms with van der Waals surface area (Å²) in [6.45, 7) is 1.56. The van der Waals surface area contributed by atoms with Gasteiger partial charge in [0.2, 0.25) is 0 Å². The predicted molar refractivity (Wildman–Crippen MR) is 48.1 cm³/mol. The average Bonchev–Trinajstić information content (AvgIpc) is 2.63. The Bertz CT molecular complexity index is 197. The highest BCUT2D eigenvalue weighted by Gasteiger charge is 2.57. The first kappa shape index (κ1) is 8.21. The Morgan fingerprint density at radius 3 is 2.08 bits per heavy atom. The van der Waals surface area contributed by atoms with Gasteiger partial charge in [0.15, 0.2) is 5.79 Å². The number of nitrogens with two attached hydrogens (primary N) is 1. The standard InChI is InChI=1S/C10H17NO2/c11-9-5-7-1-2-8(6-9)10(7)12-3-4-13-10/h7-9H,1-6,11H2. The van der Waals surface area contributed by atoms with Crippen molar-refractivity contribution in [1.29, 1.82) is 0 Å². The highest BCUT2D eigenvalue weighted by Crippen LogP contribution is 2.53. The van der Waals surface area contributed by atoms with Crippen LogP contribution in [-0.4, -0.2) is 25.0 Å². The number of hydrogen-bond donors (Lipinski definition) is 1. The second-order valence-electron chi connectivity index (χ2n) is 4.62. The molecule has 2 N–H and O–H groups in total. The van der Waals surface area contributed by atoms with Crippen molar-refractivity contribution < 1.29 is 9.47 Å². The van der Waals surface area contributed by atoms with Crippen molar-refractivity contribution in [3.63, 3.8) is 0 Å². The van der Waals surface area contributed by atoms with Crippen molar-refractivity contribution in [2.75, 3.05) is 13.2 Å². The summed E-state index contributed by atoms with van der Waals surface area (Å²) in [5.41, 5.74) is 6.00. The second kappa shape index (κ2) is 2.69. The zero-order chi connectivity index (χ0) is 8.89. The van der Waals surface area contributed by atoms with Gasteiger partial charge >= 0.3 is 0 Å². The van der Waals surface area contributed by atoms with Crippen molar-refractivity contribution in [1.82, 2.24) is 0 Å². The van der Waals surface area contributed by atoms with Crippen LogP contribution >= 0.6 is 0 Å². The van der Waals surface area contributed by atoms with Gasteiger partial charge < -0.3 is 15.2 Å². The van der Waals surface area contributed by atoms with Crippen LogP contribution < -0.4 is 5.73 Å². The van der Waals surface area contributed by atoms with Crippen LogP contribution in [0.1, 0.15) is 25.7 Å². The van der Waals surface area contributed by atoms with Gasteiger partial charge in [0.1, 0.15) is 0 Å². The SMILES string of the molecule is NC1CC2CCC(C1)C21OCCO1. The molecule has 3 nitrogen and oxygen atoms in total. The zero-order valence-electron chi connectivity index (χ0n) is 7.87. The summed E-state index contributed by atoms with van der Waals surface area (Å²) < 4.78 is 11.7. The third kappa shape index (κ3) is 1.01. The van der Waals surface area contributed by atoms with E-state index in [1.807, 2.05) is 0 Å². The normalized spacial score (nSPS) is 47.3. The van der Waals surface area contributed by atoms with Crippen LogP contribution in [0.5, 0.6) is 0 Å². The quantitative estimate of drug-likeness (QED) is 0.606. The number of hydrogen-bond acceptors (Lipinski definition) is 3. The molecule has 74 valence electrons. The lowest BCUT2D eigenvalue weighted by Crippen LogP contribution is -2.49. The van der Waals surface area contributed by atoms with Gasteiger partial charge in [0, 0.05) is 17.9 Å². The summed E-state index contributed by atoms with van der Waals surface area (Å²) in [4.78, 5) is 0. The van der Waals surface area contributed by atoms with E-state index in [4.69, 9.17) is 15.2 Å². The smallest absolute Gasteiger partial charge is 0.174 e. The van der Waals surface area contributed by atoms with E-state index in [-0.39, 0.29) is 5.79 Å². The maximum atomic E-state index is 6.00. The molecule has 1 aliphatic heterocycles. The summed E-state index contributed by atoms with van der Waals surface area (Å²) >= 11 is 0. The van der Waals surface area contributed by atoms with Crippen LogP contribution in [0.3, 0.4) is 0 Å². The number of rotatable bonds is 0. The van der Waals surface area contributed by atoms with E-state index in [2.05, 4.69) is 0 Å². The van der Waals surface area contributed by atoms with Crippen molar-refractivity contribution in [3.8, 4) is 0 Å². The molecule has 0 aromatic heterocycles. The second-order valence-corrected chi connectivity index (χ2v) is 4.62. The van der Waals surface area contributed by atoms with E-state index in [0.29, 0.717) is 17.9 Å². The summed E-state index contributed by atoms with van der Waals surface area (Å²) in [7, 11) is 0. The van der Waals surface area contributed by atoms with Crippen LogP contribution in [-0.2, 0) is 9.47 Å². The van der Waals surface area contributed by atoms with E-state index in [9.17, 15) is 0 Å². The fourth-order valence-corrected chi connectivity index (χ4v) is 3.44. The molecular formula is C10H17NO2. The molecule has 0 aromatic rings. The Hall–Kier alpha value is -0.120. The first-order valence-corrected chi connectivity index (χ1v) is 5.35. The number of ether oxygens (including phenoxy) is 2. The summed E-state index contributed by atoms with van der Waals surface area (Å²) in [5, 5.41) is 0. The summed E-state index contributed by atoms with van der Waals surface area (Å²) in [6.07, 6.45) is 4.68. The Morgan fingerprint density at radius 2 is 1.54 bits per heavy atom. The fourth-order valence-electron chi connectivity index (χ4n) is 3.44. The largest absolute Gasteiger partial charge is 0.347 e. The molecule has 2 aliphatic carbocycles. The lowest BCUT2D eigenvalue weighted by atomic mass is 9.80. The van der Waals surface area contributed by atoms with E-state index < -0.39 is 0 Å². The first-order valence-electron chi connectivity index (χ1n) is 5.35. The summed E-state index contributed by atoms with van der Waals surface area (Å²) in [6, 6.07) is 0.385. The van der Waals surface area contributed by atoms with E-state index in [0.717, 1.165) is 26.1 Å². The van der Waals surface area contributed by atoms with Crippen molar-refractivity contribution >= 4 is 0 Å². The fraction of sp³-hybridized carbons (Fsp3) is 1.00. The maximum Gasteiger partial charge on any atom is 0.174 e. The molecule has 3 aliphatic rings. The summed E-state index contributed by atoms with van der Waals surface area (Å²) in [5.74, 6) is 0.947. The lowest BCUT2D eigenvalue weighted by Gasteiger charge is -2.41. The third-order valence-corrected chi connectivity index (χ3v) is 3.91. The minimum Gasteiger partial charge on any atom is -0.347 e. The molecule has 13 heavy (non-hydrogen) atoms. The molecule has 1 spiro atoms. The highest BCUT2D eigenvalue weighted by molar-refractivity contribution is 5.01. The molecule has 1 saturated heterocycles. The Morgan fingerprint density at radius 1 is 1.00 bits per heavy atom. The molecule has 0 radical (unpaired) electrons. The van der Waals surface area contributed by atoms with Crippen LogP contribution in [0.2, 0.25) is 0 Å². The predicted octanol–water partition coefficient (Wildman–Crippen LogP) is 0.877. The van der Waals surface area contributed by atoms with E-state index in [1.165, 1.54) is 12.8 Å². The lowest BCUT2D eigenvalue weighted by molar-refractivity contribution is -0.224. The van der Waals surface area contributed by atoms with Gasteiger partial charge in [-0.05, 0) is 25.7 Å². The van der Waals surface area contributed by atoms with Crippen LogP contribution in [0.25, 0.3) is 0 Å². The molecule has 2 unspecified atom stereocenters. The van der Waals surface area contributed by atoms with Gasteiger partial charge in [0.05, 0.1) is 13.2 Å². The minimum atomic E-state index is -0.199. The Balaban J connectivity index is 1.89. The molecule has 3 rings (SSSR count). The van der Waals surface area contributed by atoms with Gasteiger partial charge in [-0.1, -0.05) is 0 Å². The minimum absolute atomic E-state index is 0.199. The molecule has 0 aromatic carbocycles. The van der Waals surface area contributed by atoms with Gasteiger partial charge in [-0.2, -0.15) is 0 Å². The van der Waals surface area contributed by atoms with Crippen molar-refractivity contribution in [3.05, 3.63) is 0 Å². The van der Waals surface area contributed by atoms with E-state index >= 15 is 0 Å². The van der Waals surface area contributed by atoms with Gasteiger partial charge in [-0.25, -0.2) is 0 Å². The van der Waals surface area contributed by atoms with Gasteiger partial charge in [-0.3, -0.25) is 0 Å². The molecule has 2 saturated carbocycles. The van der Waals surface area contributed by atoms with Gasteiger partial charge in [-0.15, -0.1) is 0 Å². The molecule has 3 fully saturated rings. The molecule has 2 bridgehead atoms. The molecule has 3 heteroatoms. The van der Waals surface area contributed by atoms with E-state index in [1.54, 1.807) is 0 Å². The third-order valence-electron chi connectivity index (χ3n) is 3.91. The molecule has 0 amide bonds. The molecule has 1 heterocycles. The van der Waals surface area contributed by atoms with Gasteiger partial charge in [0.25, 0.3) is 0 Å². The Kier molecular flexibility index (Phi) is 1.70. The molecular weight excluding hydrogens is 166 g/mol. The van der Waals surface area contributed by atoms with Crippen LogP contribution in [0.4, 0.5) is 0 Å². The monoisotopic (exact) mass is 183 g/mol. The van der Waals surface area contributed by atoms with Crippen LogP contribution in [0, 0.1) is 11.8 Å². The topological polar surface area (TPSA) is 44.5 Å². The van der Waals surface area contributed by atoms with Crippen molar-refractivity contribution in [2.45, 2.75) is 37.5 Å². The average molecular weight is 183 g/mol. The Labute approximate surface area is 78.6 Å². The first-order chi connectivity index (χ1) is 6.31. The molecule has 2 atom stereocenters. The maximum absolute atomic E-state index is 6.00. The zero-order valence-corrected chi connectivity index (χ0v) is 7.87. The van der Waals surface area contributed by atoms with Crippen LogP contribution in [0.15, 0.2) is 0 Å².